The van der Waals surface area contributed by atoms with Gasteiger partial charge in [0.05, 0.1) is 4.90 Å². The van der Waals surface area contributed by atoms with Crippen LogP contribution in [0.4, 0.5) is 0 Å². The van der Waals surface area contributed by atoms with Gasteiger partial charge in [-0.3, -0.25) is 9.59 Å². The number of nitrogens with zero attached hydrogens (tertiary/aromatic N) is 2. The Hall–Kier alpha value is -1.87. The second-order valence-electron chi connectivity index (χ2n) is 5.93. The van der Waals surface area contributed by atoms with Crippen molar-refractivity contribution in [2.75, 3.05) is 13.1 Å². The van der Waals surface area contributed by atoms with Gasteiger partial charge in [0, 0.05) is 41.9 Å². The molecule has 0 bridgehead atoms. The Kier molecular flexibility index (Phi) is 7.65. The van der Waals surface area contributed by atoms with Gasteiger partial charge in [-0.25, -0.2) is 8.42 Å². The number of benzene rings is 1. The lowest BCUT2D eigenvalue weighted by Gasteiger charge is -2.19. The van der Waals surface area contributed by atoms with Crippen LogP contribution in [0.25, 0.3) is 0 Å². The lowest BCUT2D eigenvalue weighted by molar-refractivity contribution is -0.121. The fourth-order valence-electron chi connectivity index (χ4n) is 2.57. The molecule has 0 aliphatic carbocycles. The van der Waals surface area contributed by atoms with Gasteiger partial charge < -0.3 is 9.88 Å². The van der Waals surface area contributed by atoms with Gasteiger partial charge in [-0.05, 0) is 23.8 Å². The van der Waals surface area contributed by atoms with Crippen LogP contribution in [0.5, 0.6) is 0 Å². The molecule has 7 nitrogen and oxygen atoms in total. The number of carbonyl (C=O) groups excluding carboxylic acids is 1. The molecule has 10 heteroatoms. The molecule has 1 heterocycles. The van der Waals surface area contributed by atoms with Crippen molar-refractivity contribution in [2.45, 2.75) is 31.8 Å². The number of pyridine rings is 1. The Morgan fingerprint density at radius 2 is 1.82 bits per heavy atom. The zero-order chi connectivity index (χ0) is 20.9. The first-order valence-electron chi connectivity index (χ1n) is 8.60. The molecule has 28 heavy (non-hydrogen) atoms. The average Bonchev–Trinajstić information content (AvgIpc) is 2.63. The van der Waals surface area contributed by atoms with Gasteiger partial charge in [0.1, 0.15) is 6.54 Å². The minimum Gasteiger partial charge on any atom is -0.350 e. The topological polar surface area (TPSA) is 88.5 Å². The maximum absolute atomic E-state index is 12.6. The molecule has 1 amide bonds. The highest BCUT2D eigenvalue weighted by Crippen LogP contribution is 2.20. The predicted octanol–water partition coefficient (Wildman–Crippen LogP) is 2.50. The van der Waals surface area contributed by atoms with Crippen LogP contribution in [0.1, 0.15) is 19.4 Å². The summed E-state index contributed by atoms with van der Waals surface area (Å²) in [4.78, 5) is 24.2. The normalized spacial score (nSPS) is 11.6. The van der Waals surface area contributed by atoms with Crippen LogP contribution in [-0.4, -0.2) is 36.3 Å². The second kappa shape index (κ2) is 9.56. The monoisotopic (exact) mass is 445 g/mol. The molecule has 1 aromatic carbocycles. The molecule has 0 radical (unpaired) electrons. The number of rotatable bonds is 8. The number of halogens is 2. The number of amides is 1. The van der Waals surface area contributed by atoms with Gasteiger partial charge in [-0.1, -0.05) is 43.1 Å². The maximum atomic E-state index is 12.6. The van der Waals surface area contributed by atoms with E-state index >= 15 is 0 Å². The summed E-state index contributed by atoms with van der Waals surface area (Å²) in [5, 5.41) is 3.55. The van der Waals surface area contributed by atoms with Gasteiger partial charge >= 0.3 is 0 Å². The van der Waals surface area contributed by atoms with E-state index in [1.165, 1.54) is 16.6 Å². The van der Waals surface area contributed by atoms with E-state index in [2.05, 4.69) is 5.32 Å². The van der Waals surface area contributed by atoms with Crippen molar-refractivity contribution in [3.05, 3.63) is 62.5 Å². The molecule has 0 saturated heterocycles. The zero-order valence-electron chi connectivity index (χ0n) is 15.5. The summed E-state index contributed by atoms with van der Waals surface area (Å²) < 4.78 is 27.6. The zero-order valence-corrected chi connectivity index (χ0v) is 17.8. The average molecular weight is 446 g/mol. The van der Waals surface area contributed by atoms with Crippen molar-refractivity contribution < 1.29 is 13.2 Å². The number of sulfonamides is 1. The third-order valence-corrected chi connectivity index (χ3v) is 6.72. The first-order chi connectivity index (χ1) is 13.2. The van der Waals surface area contributed by atoms with E-state index in [0.29, 0.717) is 28.7 Å². The van der Waals surface area contributed by atoms with Crippen molar-refractivity contribution in [1.82, 2.24) is 14.2 Å². The van der Waals surface area contributed by atoms with E-state index < -0.39 is 21.5 Å². The molecule has 0 fully saturated rings. The summed E-state index contributed by atoms with van der Waals surface area (Å²) in [5.41, 5.74) is 0.197. The van der Waals surface area contributed by atoms with E-state index in [1.807, 2.05) is 0 Å². The number of carbonyl (C=O) groups is 1. The van der Waals surface area contributed by atoms with E-state index in [9.17, 15) is 18.0 Å². The van der Waals surface area contributed by atoms with E-state index in [-0.39, 0.29) is 18.0 Å². The molecule has 0 spiro atoms. The van der Waals surface area contributed by atoms with Crippen molar-refractivity contribution >= 4 is 39.1 Å². The summed E-state index contributed by atoms with van der Waals surface area (Å²) >= 11 is 11.9. The molecule has 2 rings (SSSR count). The van der Waals surface area contributed by atoms with Gasteiger partial charge in [-0.2, -0.15) is 4.31 Å². The molecule has 0 saturated carbocycles. The van der Waals surface area contributed by atoms with E-state index in [4.69, 9.17) is 23.2 Å². The van der Waals surface area contributed by atoms with Crippen LogP contribution in [0, 0.1) is 0 Å². The Balaban J connectivity index is 2.15. The van der Waals surface area contributed by atoms with Crippen LogP contribution < -0.4 is 10.9 Å². The third-order valence-electron chi connectivity index (χ3n) is 4.10. The van der Waals surface area contributed by atoms with Gasteiger partial charge in [0.25, 0.3) is 5.56 Å². The minimum absolute atomic E-state index is 0.0376. The lowest BCUT2D eigenvalue weighted by atomic mass is 10.2. The first kappa shape index (κ1) is 22.4. The maximum Gasteiger partial charge on any atom is 0.251 e. The molecule has 0 aliphatic heterocycles. The highest BCUT2D eigenvalue weighted by molar-refractivity contribution is 7.89. The van der Waals surface area contributed by atoms with Crippen molar-refractivity contribution in [3.8, 4) is 0 Å². The Labute approximate surface area is 173 Å². The van der Waals surface area contributed by atoms with Crippen LogP contribution in [0.3, 0.4) is 0 Å². The van der Waals surface area contributed by atoms with Crippen LogP contribution >= 0.6 is 23.2 Å². The van der Waals surface area contributed by atoms with Crippen LogP contribution in [0.15, 0.2) is 46.2 Å². The van der Waals surface area contributed by atoms with Crippen molar-refractivity contribution in [1.29, 1.82) is 0 Å². The summed E-state index contributed by atoms with van der Waals surface area (Å²) in [6.07, 6.45) is 1.19. The second-order valence-corrected chi connectivity index (χ2v) is 8.71. The molecular formula is C18H21Cl2N3O4S. The Morgan fingerprint density at radius 3 is 2.43 bits per heavy atom. The number of hydrogen-bond acceptors (Lipinski definition) is 4. The van der Waals surface area contributed by atoms with Crippen molar-refractivity contribution in [3.63, 3.8) is 0 Å². The molecule has 2 aromatic rings. The molecule has 0 atom stereocenters. The SMILES string of the molecule is CCN(CC)S(=O)(=O)c1ccc(=O)n(CC(=O)NCc2ccc(Cl)cc2Cl)c1. The van der Waals surface area contributed by atoms with Gasteiger partial charge in [0.15, 0.2) is 0 Å². The summed E-state index contributed by atoms with van der Waals surface area (Å²) in [6, 6.07) is 7.30. The highest BCUT2D eigenvalue weighted by atomic mass is 35.5. The molecule has 0 aliphatic rings. The third kappa shape index (κ3) is 5.35. The molecule has 0 unspecified atom stereocenters. The number of hydrogen-bond donors (Lipinski definition) is 1. The predicted molar refractivity (Wildman–Crippen MR) is 109 cm³/mol. The fraction of sp³-hybridized carbons (Fsp3) is 0.333. The van der Waals surface area contributed by atoms with Crippen LogP contribution in [0.2, 0.25) is 10.0 Å². The standard InChI is InChI=1S/C18H21Cl2N3O4S/c1-3-23(4-2)28(26,27)15-7-8-18(25)22(11-15)12-17(24)21-10-13-5-6-14(19)9-16(13)20/h5-9,11H,3-4,10,12H2,1-2H3,(H,21,24). The molecule has 1 N–H and O–H groups in total. The molecule has 152 valence electrons. The smallest absolute Gasteiger partial charge is 0.251 e. The highest BCUT2D eigenvalue weighted by Gasteiger charge is 2.22. The summed E-state index contributed by atoms with van der Waals surface area (Å²) in [5.74, 6) is -0.453. The van der Waals surface area contributed by atoms with Crippen molar-refractivity contribution in [2.24, 2.45) is 0 Å². The first-order valence-corrected chi connectivity index (χ1v) is 10.8. The van der Waals surface area contributed by atoms with Crippen LogP contribution in [-0.2, 0) is 27.9 Å². The van der Waals surface area contributed by atoms with E-state index in [1.54, 1.807) is 32.0 Å². The number of nitrogens with one attached hydrogen (secondary N) is 1. The fourth-order valence-corrected chi connectivity index (χ4v) is 4.52. The Morgan fingerprint density at radius 1 is 1.14 bits per heavy atom. The Bertz CT molecular complexity index is 1020. The number of aromatic nitrogens is 1. The lowest BCUT2D eigenvalue weighted by Crippen LogP contribution is -2.34. The quantitative estimate of drug-likeness (QED) is 0.675. The summed E-state index contributed by atoms with van der Waals surface area (Å²) in [6.45, 7) is 3.91. The van der Waals surface area contributed by atoms with E-state index in [0.717, 1.165) is 10.6 Å². The molecular weight excluding hydrogens is 425 g/mol. The summed E-state index contributed by atoms with van der Waals surface area (Å²) in [7, 11) is -3.73. The minimum atomic E-state index is -3.73. The molecule has 1 aromatic heterocycles. The van der Waals surface area contributed by atoms with Gasteiger partial charge in [0.2, 0.25) is 15.9 Å². The van der Waals surface area contributed by atoms with Gasteiger partial charge in [-0.15, -0.1) is 0 Å². The largest absolute Gasteiger partial charge is 0.350 e.